The summed E-state index contributed by atoms with van der Waals surface area (Å²) in [5, 5.41) is 0. The van der Waals surface area contributed by atoms with E-state index in [1.165, 1.54) is 6.07 Å². The molecule has 24 heavy (non-hydrogen) atoms. The first-order chi connectivity index (χ1) is 12.5. The van der Waals surface area contributed by atoms with E-state index in [-0.39, 0.29) is 5.63 Å². The normalized spacial score (nSPS) is 14.4. The second-order valence-electron chi connectivity index (χ2n) is 6.04. The molecule has 0 spiro atoms. The number of hydrogen-bond donors (Lipinski definition) is 0. The number of rotatable bonds is 4. The van der Waals surface area contributed by atoms with E-state index in [9.17, 15) is 4.79 Å². The van der Waals surface area contributed by atoms with Crippen LogP contribution in [0.2, 0.25) is 0 Å². The Morgan fingerprint density at radius 1 is 1.17 bits per heavy atom. The molecule has 0 atom stereocenters. The number of benzene rings is 1. The molecule has 3 heteroatoms. The van der Waals surface area contributed by atoms with Gasteiger partial charge < -0.3 is 9.15 Å². The predicted octanol–water partition coefficient (Wildman–Crippen LogP) is 5.00. The Bertz CT molecular complexity index is 964. The third-order valence-corrected chi connectivity index (χ3v) is 4.04. The minimum Gasteiger partial charge on any atom is -0.496 e. The smallest absolute Gasteiger partial charge is 0.336 e. The van der Waals surface area contributed by atoms with Crippen LogP contribution in [0.5, 0.6) is 5.75 Å². The molecule has 0 amide bonds. The molecule has 0 unspecified atom stereocenters. The van der Waals surface area contributed by atoms with Gasteiger partial charge in [0.25, 0.3) is 0 Å². The van der Waals surface area contributed by atoms with Crippen LogP contribution in [-0.2, 0) is 0 Å². The Morgan fingerprint density at radius 2 is 1.92 bits per heavy atom. The third kappa shape index (κ3) is 4.05. The lowest BCUT2D eigenvalue weighted by Gasteiger charge is -2.13. The van der Waals surface area contributed by atoms with Crippen LogP contribution in [0.25, 0.3) is 12.2 Å². The third-order valence-electron chi connectivity index (χ3n) is 4.04. The molecule has 0 saturated heterocycles. The second-order valence-corrected chi connectivity index (χ2v) is 6.04. The highest BCUT2D eigenvalue weighted by Gasteiger charge is 2.08. The molecule has 0 N–H and O–H groups in total. The summed E-state index contributed by atoms with van der Waals surface area (Å²) in [6, 6.07) is 4.99. The van der Waals surface area contributed by atoms with Crippen LogP contribution in [0.1, 0.15) is 44.6 Å². The molecule has 2 rings (SSSR count). The fourth-order valence-corrected chi connectivity index (χ4v) is 2.61. The van der Waals surface area contributed by atoms with Gasteiger partial charge in [0.2, 0.25) is 0 Å². The van der Waals surface area contributed by atoms with Gasteiger partial charge in [-0.3, -0.25) is 0 Å². The lowest BCUT2D eigenvalue weighted by Crippen LogP contribution is -1.98. The molecule has 0 aliphatic carbocycles. The molecule has 0 aliphatic heterocycles. The van der Waals surface area contributed by atoms with Gasteiger partial charge in [-0.05, 0) is 86.2 Å². The van der Waals surface area contributed by atoms with E-state index in [1.807, 2.05) is 46.8 Å². The first kappa shape index (κ1) is 13.8. The molecule has 0 fully saturated rings. The lowest BCUT2D eigenvalue weighted by molar-refractivity contribution is 0.411. The number of allylic oxidation sites excluding steroid dienone is 2. The fraction of sp³-hybridized carbons (Fsp3) is 0.286. The molecule has 1 aromatic heterocycles. The van der Waals surface area contributed by atoms with Gasteiger partial charge in [-0.1, -0.05) is 12.2 Å². The highest BCUT2D eigenvalue weighted by Crippen LogP contribution is 2.28. The van der Waals surface area contributed by atoms with E-state index in [4.69, 9.17) is 13.3 Å². The molecule has 1 heterocycles. The Balaban J connectivity index is 2.34. The molecule has 0 saturated carbocycles. The largest absolute Gasteiger partial charge is 0.496 e. The summed E-state index contributed by atoms with van der Waals surface area (Å²) in [4.78, 5) is 11.5. The van der Waals surface area contributed by atoms with E-state index >= 15 is 0 Å². The van der Waals surface area contributed by atoms with Crippen molar-refractivity contribution in [2.24, 2.45) is 0 Å². The van der Waals surface area contributed by atoms with Crippen molar-refractivity contribution in [3.05, 3.63) is 73.8 Å². The summed E-state index contributed by atoms with van der Waals surface area (Å²) in [7, 11) is -2.47. The van der Waals surface area contributed by atoms with Crippen molar-refractivity contribution in [3.63, 3.8) is 0 Å². The minimum atomic E-state index is -2.47. The maximum atomic E-state index is 11.5. The molecule has 126 valence electrons. The lowest BCUT2D eigenvalue weighted by atomic mass is 9.96. The van der Waals surface area contributed by atoms with Gasteiger partial charge in [-0.25, -0.2) is 4.79 Å². The van der Waals surface area contributed by atoms with Crippen LogP contribution in [0, 0.1) is 27.7 Å². The van der Waals surface area contributed by atoms with Crippen molar-refractivity contribution in [1.82, 2.24) is 0 Å². The molecule has 0 radical (unpaired) electrons. The highest BCUT2D eigenvalue weighted by atomic mass is 16.5. The average Bonchev–Trinajstić information content (AvgIpc) is 2.49. The van der Waals surface area contributed by atoms with Crippen molar-refractivity contribution >= 4 is 12.2 Å². The molecule has 3 nitrogen and oxygen atoms in total. The standard InChI is InChI=1S/C21H24O3/c1-13(9-18-10-14(2)11-21(22)24-18)7-8-19-15(3)12-20(23-6)17(5)16(19)4/h7-12H,1-6H3/b8-7+,13-9+/i6D3. The molecular weight excluding hydrogens is 300 g/mol. The Hall–Kier alpha value is -2.55. The Morgan fingerprint density at radius 3 is 2.58 bits per heavy atom. The average molecular weight is 327 g/mol. The Labute approximate surface area is 147 Å². The molecule has 1 aromatic carbocycles. The zero-order chi connectivity index (χ0) is 20.4. The van der Waals surface area contributed by atoms with Gasteiger partial charge in [0.05, 0.1) is 11.2 Å². The molecule has 2 aromatic rings. The van der Waals surface area contributed by atoms with Gasteiger partial charge >= 0.3 is 5.63 Å². The summed E-state index contributed by atoms with van der Waals surface area (Å²) in [5.74, 6) is 0.879. The molecular formula is C21H24O3. The van der Waals surface area contributed by atoms with E-state index in [2.05, 4.69) is 0 Å². The predicted molar refractivity (Wildman–Crippen MR) is 99.6 cm³/mol. The van der Waals surface area contributed by atoms with E-state index < -0.39 is 7.04 Å². The quantitative estimate of drug-likeness (QED) is 0.742. The van der Waals surface area contributed by atoms with Crippen molar-refractivity contribution in [2.45, 2.75) is 34.6 Å². The van der Waals surface area contributed by atoms with Crippen molar-refractivity contribution < 1.29 is 13.3 Å². The van der Waals surface area contributed by atoms with E-state index in [1.54, 1.807) is 18.2 Å². The van der Waals surface area contributed by atoms with Crippen LogP contribution in [0.4, 0.5) is 0 Å². The highest BCUT2D eigenvalue weighted by molar-refractivity contribution is 5.66. The van der Waals surface area contributed by atoms with Gasteiger partial charge in [0, 0.05) is 6.07 Å². The first-order valence-electron chi connectivity index (χ1n) is 9.24. The maximum Gasteiger partial charge on any atom is 0.336 e. The molecule has 0 aliphatic rings. The zero-order valence-electron chi connectivity index (χ0n) is 17.7. The fourth-order valence-electron chi connectivity index (χ4n) is 2.61. The minimum absolute atomic E-state index is 0.370. The van der Waals surface area contributed by atoms with E-state index in [0.717, 1.165) is 33.4 Å². The number of aryl methyl sites for hydroxylation is 2. The Kier molecular flexibility index (Phi) is 4.24. The zero-order valence-corrected chi connectivity index (χ0v) is 14.7. The number of methoxy groups -OCH3 is 1. The SMILES string of the molecule is [2H]C([2H])([2H])Oc1cc(C)c(/C=C/C(C)=C/c2cc(C)cc(=O)o2)c(C)c1C. The second kappa shape index (κ2) is 7.35. The van der Waals surface area contributed by atoms with Crippen LogP contribution < -0.4 is 10.4 Å². The van der Waals surface area contributed by atoms with Gasteiger partial charge in [-0.15, -0.1) is 0 Å². The number of ether oxygens (including phenoxy) is 1. The summed E-state index contributed by atoms with van der Waals surface area (Å²) < 4.78 is 32.2. The van der Waals surface area contributed by atoms with Crippen molar-refractivity contribution in [3.8, 4) is 5.75 Å². The molecule has 0 bridgehead atoms. The van der Waals surface area contributed by atoms with Crippen molar-refractivity contribution in [2.75, 3.05) is 7.04 Å². The summed E-state index contributed by atoms with van der Waals surface area (Å²) >= 11 is 0. The summed E-state index contributed by atoms with van der Waals surface area (Å²) in [6.07, 6.45) is 5.70. The summed E-state index contributed by atoms with van der Waals surface area (Å²) in [6.45, 7) is 9.46. The first-order valence-corrected chi connectivity index (χ1v) is 7.74. The maximum absolute atomic E-state index is 11.5. The van der Waals surface area contributed by atoms with E-state index in [0.29, 0.717) is 11.5 Å². The number of hydrogen-bond acceptors (Lipinski definition) is 3. The van der Waals surface area contributed by atoms with Gasteiger partial charge in [0.1, 0.15) is 11.5 Å². The topological polar surface area (TPSA) is 39.4 Å². The van der Waals surface area contributed by atoms with Crippen LogP contribution in [-0.4, -0.2) is 7.04 Å². The van der Waals surface area contributed by atoms with Crippen LogP contribution in [0.3, 0.4) is 0 Å². The summed E-state index contributed by atoms with van der Waals surface area (Å²) in [5.41, 5.74) is 5.07. The van der Waals surface area contributed by atoms with Crippen LogP contribution >= 0.6 is 0 Å². The van der Waals surface area contributed by atoms with Crippen molar-refractivity contribution in [1.29, 1.82) is 0 Å². The monoisotopic (exact) mass is 327 g/mol. The van der Waals surface area contributed by atoms with Gasteiger partial charge in [0.15, 0.2) is 0 Å². The van der Waals surface area contributed by atoms with Crippen LogP contribution in [0.15, 0.2) is 39.1 Å². The van der Waals surface area contributed by atoms with Gasteiger partial charge in [-0.2, -0.15) is 0 Å².